The van der Waals surface area contributed by atoms with Gasteiger partial charge in [-0.2, -0.15) is 0 Å². The maximum Gasteiger partial charge on any atom is 0.328 e. The van der Waals surface area contributed by atoms with Crippen LogP contribution in [-0.2, 0) is 20.7 Å². The van der Waals surface area contributed by atoms with E-state index in [9.17, 15) is 9.59 Å². The van der Waals surface area contributed by atoms with Crippen LogP contribution in [0.1, 0.15) is 24.8 Å². The van der Waals surface area contributed by atoms with Crippen molar-refractivity contribution in [2.24, 2.45) is 0 Å². The summed E-state index contributed by atoms with van der Waals surface area (Å²) < 4.78 is 10.3. The van der Waals surface area contributed by atoms with E-state index in [0.717, 1.165) is 25.0 Å². The third-order valence-electron chi connectivity index (χ3n) is 4.00. The molecule has 1 heterocycles. The summed E-state index contributed by atoms with van der Waals surface area (Å²) in [6.45, 7) is 0.836. The van der Waals surface area contributed by atoms with Crippen molar-refractivity contribution in [3.63, 3.8) is 0 Å². The van der Waals surface area contributed by atoms with Crippen molar-refractivity contribution in [1.82, 2.24) is 4.90 Å². The zero-order chi connectivity index (χ0) is 16.7. The molecule has 1 atom stereocenters. The Hall–Kier alpha value is -2.08. The molecule has 1 aromatic carbocycles. The van der Waals surface area contributed by atoms with Gasteiger partial charge in [-0.1, -0.05) is 12.1 Å². The maximum atomic E-state index is 12.2. The molecule has 6 heteroatoms. The lowest BCUT2D eigenvalue weighted by molar-refractivity contribution is -0.158. The van der Waals surface area contributed by atoms with Crippen molar-refractivity contribution < 1.29 is 24.2 Å². The highest BCUT2D eigenvalue weighted by Crippen LogP contribution is 2.15. The molecule has 126 valence electrons. The van der Waals surface area contributed by atoms with Crippen molar-refractivity contribution in [2.75, 3.05) is 26.9 Å². The van der Waals surface area contributed by atoms with E-state index >= 15 is 0 Å². The molecule has 1 N–H and O–H groups in total. The number of nitrogens with zero attached hydrogens (tertiary/aromatic N) is 1. The van der Waals surface area contributed by atoms with Gasteiger partial charge in [0.25, 0.3) is 0 Å². The molecule has 1 fully saturated rings. The molecule has 2 rings (SSSR count). The van der Waals surface area contributed by atoms with Crippen LogP contribution in [-0.4, -0.2) is 54.8 Å². The number of morpholine rings is 1. The van der Waals surface area contributed by atoms with E-state index in [1.54, 1.807) is 7.11 Å². The summed E-state index contributed by atoms with van der Waals surface area (Å²) in [5.74, 6) is -0.275. The summed E-state index contributed by atoms with van der Waals surface area (Å²) >= 11 is 0. The van der Waals surface area contributed by atoms with Gasteiger partial charge in [-0.25, -0.2) is 4.79 Å². The first-order valence-electron chi connectivity index (χ1n) is 7.85. The molecule has 0 aromatic heterocycles. The van der Waals surface area contributed by atoms with Crippen molar-refractivity contribution in [2.45, 2.75) is 31.7 Å². The van der Waals surface area contributed by atoms with Crippen LogP contribution in [0.5, 0.6) is 5.75 Å². The minimum atomic E-state index is -1.00. The Bertz CT molecular complexity index is 528. The van der Waals surface area contributed by atoms with Gasteiger partial charge in [0.2, 0.25) is 5.91 Å². The lowest BCUT2D eigenvalue weighted by Gasteiger charge is -2.32. The fraction of sp³-hybridized carbons (Fsp3) is 0.529. The van der Waals surface area contributed by atoms with Crippen molar-refractivity contribution in [1.29, 1.82) is 0 Å². The molecule has 1 aromatic rings. The van der Waals surface area contributed by atoms with E-state index < -0.39 is 12.0 Å². The minimum absolute atomic E-state index is 0.0763. The number of carbonyl (C=O) groups is 2. The van der Waals surface area contributed by atoms with E-state index in [-0.39, 0.29) is 12.5 Å². The number of rotatable bonds is 7. The van der Waals surface area contributed by atoms with Crippen LogP contribution in [0.3, 0.4) is 0 Å². The number of unbranched alkanes of at least 4 members (excludes halogenated alkanes) is 1. The third-order valence-corrected chi connectivity index (χ3v) is 4.00. The molecule has 0 radical (unpaired) electrons. The average molecular weight is 321 g/mol. The second-order valence-corrected chi connectivity index (χ2v) is 5.57. The van der Waals surface area contributed by atoms with E-state index in [4.69, 9.17) is 14.6 Å². The molecule has 0 saturated carbocycles. The predicted octanol–water partition coefficient (Wildman–Crippen LogP) is 1.72. The third kappa shape index (κ3) is 4.96. The van der Waals surface area contributed by atoms with E-state index in [1.807, 2.05) is 24.3 Å². The number of carbonyl (C=O) groups excluding carboxylic acids is 1. The monoisotopic (exact) mass is 321 g/mol. The van der Waals surface area contributed by atoms with E-state index in [1.165, 1.54) is 10.5 Å². The highest BCUT2D eigenvalue weighted by molar-refractivity contribution is 5.83. The number of aryl methyl sites for hydroxylation is 1. The molecule has 1 amide bonds. The number of methoxy groups -OCH3 is 1. The Kier molecular flexibility index (Phi) is 6.40. The zero-order valence-electron chi connectivity index (χ0n) is 13.4. The summed E-state index contributed by atoms with van der Waals surface area (Å²) in [5.41, 5.74) is 1.20. The van der Waals surface area contributed by atoms with Gasteiger partial charge in [0.05, 0.1) is 20.3 Å². The lowest BCUT2D eigenvalue weighted by atomic mass is 10.1. The zero-order valence-corrected chi connectivity index (χ0v) is 13.4. The Morgan fingerprint density at radius 3 is 2.70 bits per heavy atom. The van der Waals surface area contributed by atoms with Crippen LogP contribution >= 0.6 is 0 Å². The Morgan fingerprint density at radius 2 is 2.04 bits per heavy atom. The Morgan fingerprint density at radius 1 is 1.30 bits per heavy atom. The fourth-order valence-corrected chi connectivity index (χ4v) is 2.65. The molecular formula is C17H23NO5. The van der Waals surface area contributed by atoms with Gasteiger partial charge >= 0.3 is 5.97 Å². The normalized spacial score (nSPS) is 17.8. The average Bonchev–Trinajstić information content (AvgIpc) is 2.59. The molecule has 0 aliphatic carbocycles. The van der Waals surface area contributed by atoms with E-state index in [2.05, 4.69) is 0 Å². The molecule has 6 nitrogen and oxygen atoms in total. The van der Waals surface area contributed by atoms with Crippen molar-refractivity contribution in [3.05, 3.63) is 29.8 Å². The van der Waals surface area contributed by atoms with Gasteiger partial charge in [-0.05, 0) is 37.0 Å². The minimum Gasteiger partial charge on any atom is -0.497 e. The second-order valence-electron chi connectivity index (χ2n) is 5.57. The van der Waals surface area contributed by atoms with Crippen LogP contribution in [0.25, 0.3) is 0 Å². The van der Waals surface area contributed by atoms with Gasteiger partial charge in [-0.3, -0.25) is 4.79 Å². The maximum absolute atomic E-state index is 12.2. The molecule has 0 spiro atoms. The van der Waals surface area contributed by atoms with Crippen molar-refractivity contribution in [3.8, 4) is 5.75 Å². The topological polar surface area (TPSA) is 76.1 Å². The number of hydrogen-bond donors (Lipinski definition) is 1. The van der Waals surface area contributed by atoms with Gasteiger partial charge in [-0.15, -0.1) is 0 Å². The number of hydrogen-bond acceptors (Lipinski definition) is 4. The molecular weight excluding hydrogens is 298 g/mol. The van der Waals surface area contributed by atoms with Crippen LogP contribution in [0.15, 0.2) is 24.3 Å². The summed E-state index contributed by atoms with van der Waals surface area (Å²) in [6.07, 6.45) is 2.90. The number of benzene rings is 1. The quantitative estimate of drug-likeness (QED) is 0.774. The van der Waals surface area contributed by atoms with Crippen LogP contribution in [0.4, 0.5) is 0 Å². The van der Waals surface area contributed by atoms with Crippen LogP contribution in [0, 0.1) is 0 Å². The number of carboxylic acid groups (broad SMARTS) is 1. The highest BCUT2D eigenvalue weighted by atomic mass is 16.5. The molecule has 23 heavy (non-hydrogen) atoms. The van der Waals surface area contributed by atoms with Crippen LogP contribution < -0.4 is 4.74 Å². The Balaban J connectivity index is 1.74. The summed E-state index contributed by atoms with van der Waals surface area (Å²) in [6, 6.07) is 7.03. The van der Waals surface area contributed by atoms with Gasteiger partial charge < -0.3 is 19.5 Å². The van der Waals surface area contributed by atoms with Crippen molar-refractivity contribution >= 4 is 11.9 Å². The lowest BCUT2D eigenvalue weighted by Crippen LogP contribution is -2.52. The largest absolute Gasteiger partial charge is 0.497 e. The van der Waals surface area contributed by atoms with Gasteiger partial charge in [0.15, 0.2) is 6.04 Å². The number of amides is 1. The molecule has 1 saturated heterocycles. The van der Waals surface area contributed by atoms with E-state index in [0.29, 0.717) is 19.6 Å². The molecule has 1 aliphatic heterocycles. The smallest absolute Gasteiger partial charge is 0.328 e. The standard InChI is InChI=1S/C17H23NO5/c1-22-14-8-6-13(7-9-14)4-2-3-5-16(19)18-10-11-23-12-15(18)17(20)21/h6-9,15H,2-5,10-12H2,1H3,(H,20,21)/t15-/m1/s1. The van der Waals surface area contributed by atoms with Crippen LogP contribution in [0.2, 0.25) is 0 Å². The number of ether oxygens (including phenoxy) is 2. The number of carboxylic acids is 1. The first-order chi connectivity index (χ1) is 11.1. The summed E-state index contributed by atoms with van der Waals surface area (Å²) in [7, 11) is 1.64. The van der Waals surface area contributed by atoms with Gasteiger partial charge in [0, 0.05) is 13.0 Å². The summed E-state index contributed by atoms with van der Waals surface area (Å²) in [4.78, 5) is 24.8. The fourth-order valence-electron chi connectivity index (χ4n) is 2.65. The first-order valence-corrected chi connectivity index (χ1v) is 7.85. The molecule has 0 bridgehead atoms. The number of aliphatic carboxylic acids is 1. The molecule has 0 unspecified atom stereocenters. The molecule has 1 aliphatic rings. The second kappa shape index (κ2) is 8.53. The first kappa shape index (κ1) is 17.3. The predicted molar refractivity (Wildman–Crippen MR) is 84.5 cm³/mol. The summed E-state index contributed by atoms with van der Waals surface area (Å²) in [5, 5.41) is 9.14. The SMILES string of the molecule is COc1ccc(CCCCC(=O)N2CCOC[C@@H]2C(=O)O)cc1. The highest BCUT2D eigenvalue weighted by Gasteiger charge is 2.32. The Labute approximate surface area is 136 Å². The van der Waals surface area contributed by atoms with Gasteiger partial charge in [0.1, 0.15) is 5.75 Å².